The topological polar surface area (TPSA) is 32.3 Å². The lowest BCUT2D eigenvalue weighted by Gasteiger charge is -2.31. The molecule has 2 aromatic rings. The maximum absolute atomic E-state index is 12.6. The average molecular weight is 336 g/mol. The zero-order chi connectivity index (χ0) is 17.8. The standard InChI is InChI=1S/C22H28N2O/c1-16-12-17(2)14-21(13-16)23-22(25)19-8-10-24(11-9-19)15-20-7-5-4-6-18(20)3/h4-7,12-14,19H,8-11,15H2,1-3H3,(H,23,25). The Morgan fingerprint density at radius 2 is 1.68 bits per heavy atom. The molecule has 0 radical (unpaired) electrons. The van der Waals surface area contributed by atoms with Crippen molar-refractivity contribution in [3.05, 3.63) is 64.7 Å². The van der Waals surface area contributed by atoms with E-state index in [9.17, 15) is 4.79 Å². The van der Waals surface area contributed by atoms with Crippen LogP contribution in [0.1, 0.15) is 35.1 Å². The Labute approximate surface area is 151 Å². The molecular weight excluding hydrogens is 308 g/mol. The second-order valence-corrected chi connectivity index (χ2v) is 7.34. The molecule has 3 rings (SSSR count). The van der Waals surface area contributed by atoms with Crippen LogP contribution in [-0.4, -0.2) is 23.9 Å². The van der Waals surface area contributed by atoms with E-state index in [0.717, 1.165) is 38.2 Å². The molecule has 3 nitrogen and oxygen atoms in total. The van der Waals surface area contributed by atoms with Crippen LogP contribution in [0.3, 0.4) is 0 Å². The van der Waals surface area contributed by atoms with Crippen molar-refractivity contribution in [2.75, 3.05) is 18.4 Å². The summed E-state index contributed by atoms with van der Waals surface area (Å²) >= 11 is 0. The van der Waals surface area contributed by atoms with Crippen molar-refractivity contribution in [1.82, 2.24) is 4.90 Å². The van der Waals surface area contributed by atoms with E-state index in [0.29, 0.717) is 0 Å². The molecule has 0 aliphatic carbocycles. The number of rotatable bonds is 4. The maximum atomic E-state index is 12.6. The molecule has 1 N–H and O–H groups in total. The summed E-state index contributed by atoms with van der Waals surface area (Å²) in [7, 11) is 0. The first-order valence-corrected chi connectivity index (χ1v) is 9.17. The van der Waals surface area contributed by atoms with Gasteiger partial charge in [0.25, 0.3) is 0 Å². The minimum Gasteiger partial charge on any atom is -0.326 e. The van der Waals surface area contributed by atoms with Gasteiger partial charge in [0.1, 0.15) is 0 Å². The highest BCUT2D eigenvalue weighted by molar-refractivity contribution is 5.92. The quantitative estimate of drug-likeness (QED) is 0.894. The summed E-state index contributed by atoms with van der Waals surface area (Å²) < 4.78 is 0. The molecule has 0 atom stereocenters. The number of aryl methyl sites for hydroxylation is 3. The highest BCUT2D eigenvalue weighted by Gasteiger charge is 2.25. The fourth-order valence-corrected chi connectivity index (χ4v) is 3.67. The van der Waals surface area contributed by atoms with Crippen molar-refractivity contribution < 1.29 is 4.79 Å². The number of anilines is 1. The van der Waals surface area contributed by atoms with Gasteiger partial charge in [-0.15, -0.1) is 0 Å². The molecular formula is C22H28N2O. The number of piperidine rings is 1. The maximum Gasteiger partial charge on any atom is 0.227 e. The first-order valence-electron chi connectivity index (χ1n) is 9.17. The van der Waals surface area contributed by atoms with Crippen molar-refractivity contribution >= 4 is 11.6 Å². The zero-order valence-electron chi connectivity index (χ0n) is 15.5. The Morgan fingerprint density at radius 3 is 2.32 bits per heavy atom. The van der Waals surface area contributed by atoms with Crippen LogP contribution >= 0.6 is 0 Å². The van der Waals surface area contributed by atoms with Crippen LogP contribution in [0.4, 0.5) is 5.69 Å². The van der Waals surface area contributed by atoms with E-state index in [1.807, 2.05) is 12.1 Å². The lowest BCUT2D eigenvalue weighted by molar-refractivity contribution is -0.121. The van der Waals surface area contributed by atoms with Crippen LogP contribution in [0.25, 0.3) is 0 Å². The van der Waals surface area contributed by atoms with Crippen LogP contribution in [-0.2, 0) is 11.3 Å². The number of amides is 1. The summed E-state index contributed by atoms with van der Waals surface area (Å²) in [5, 5.41) is 3.11. The molecule has 1 amide bonds. The van der Waals surface area contributed by atoms with Crippen molar-refractivity contribution in [3.63, 3.8) is 0 Å². The van der Waals surface area contributed by atoms with Crippen molar-refractivity contribution in [3.8, 4) is 0 Å². The third kappa shape index (κ3) is 4.70. The molecule has 1 heterocycles. The summed E-state index contributed by atoms with van der Waals surface area (Å²) in [6.07, 6.45) is 1.87. The second-order valence-electron chi connectivity index (χ2n) is 7.34. The van der Waals surface area contributed by atoms with Crippen LogP contribution in [0.15, 0.2) is 42.5 Å². The molecule has 0 unspecified atom stereocenters. The lowest BCUT2D eigenvalue weighted by Crippen LogP contribution is -2.37. The van der Waals surface area contributed by atoms with E-state index in [1.54, 1.807) is 0 Å². The number of hydrogen-bond acceptors (Lipinski definition) is 2. The van der Waals surface area contributed by atoms with E-state index in [-0.39, 0.29) is 11.8 Å². The number of benzene rings is 2. The average Bonchev–Trinajstić information content (AvgIpc) is 2.56. The van der Waals surface area contributed by atoms with Gasteiger partial charge in [-0.25, -0.2) is 0 Å². The van der Waals surface area contributed by atoms with Crippen molar-refractivity contribution in [1.29, 1.82) is 0 Å². The summed E-state index contributed by atoms with van der Waals surface area (Å²) in [6, 6.07) is 14.8. The SMILES string of the molecule is Cc1cc(C)cc(NC(=O)C2CCN(Cc3ccccc3C)CC2)c1. The molecule has 1 aliphatic rings. The third-order valence-corrected chi connectivity index (χ3v) is 5.10. The second kappa shape index (κ2) is 7.83. The predicted octanol–water partition coefficient (Wildman–Crippen LogP) is 4.46. The molecule has 1 aliphatic heterocycles. The summed E-state index contributed by atoms with van der Waals surface area (Å²) in [5.74, 6) is 0.287. The monoisotopic (exact) mass is 336 g/mol. The molecule has 1 fully saturated rings. The van der Waals surface area contributed by atoms with E-state index in [1.165, 1.54) is 22.3 Å². The Bertz CT molecular complexity index is 725. The van der Waals surface area contributed by atoms with Gasteiger partial charge in [-0.05, 0) is 81.1 Å². The number of likely N-dealkylation sites (tertiary alicyclic amines) is 1. The van der Waals surface area contributed by atoms with E-state index < -0.39 is 0 Å². The normalized spacial score (nSPS) is 16.0. The Balaban J connectivity index is 1.53. The van der Waals surface area contributed by atoms with Gasteiger partial charge < -0.3 is 5.32 Å². The van der Waals surface area contributed by atoms with Crippen LogP contribution in [0, 0.1) is 26.7 Å². The molecule has 0 aromatic heterocycles. The number of nitrogens with zero attached hydrogens (tertiary/aromatic N) is 1. The Hall–Kier alpha value is -2.13. The smallest absolute Gasteiger partial charge is 0.227 e. The van der Waals surface area contributed by atoms with Gasteiger partial charge in [0.05, 0.1) is 0 Å². The Kier molecular flexibility index (Phi) is 5.54. The molecule has 25 heavy (non-hydrogen) atoms. The van der Waals surface area contributed by atoms with Gasteiger partial charge in [0.2, 0.25) is 5.91 Å². The highest BCUT2D eigenvalue weighted by atomic mass is 16.1. The number of hydrogen-bond donors (Lipinski definition) is 1. The van der Waals surface area contributed by atoms with E-state index >= 15 is 0 Å². The zero-order valence-corrected chi connectivity index (χ0v) is 15.5. The first-order chi connectivity index (χ1) is 12.0. The molecule has 2 aromatic carbocycles. The molecule has 132 valence electrons. The number of carbonyl (C=O) groups is 1. The van der Waals surface area contributed by atoms with Gasteiger partial charge in [0.15, 0.2) is 0 Å². The molecule has 0 bridgehead atoms. The fourth-order valence-electron chi connectivity index (χ4n) is 3.67. The highest BCUT2D eigenvalue weighted by Crippen LogP contribution is 2.22. The largest absolute Gasteiger partial charge is 0.326 e. The van der Waals surface area contributed by atoms with Crippen molar-refractivity contribution in [2.24, 2.45) is 5.92 Å². The Morgan fingerprint density at radius 1 is 1.04 bits per heavy atom. The van der Waals surface area contributed by atoms with Gasteiger partial charge in [-0.3, -0.25) is 9.69 Å². The minimum atomic E-state index is 0.119. The summed E-state index contributed by atoms with van der Waals surface area (Å²) in [4.78, 5) is 15.0. The van der Waals surface area contributed by atoms with Gasteiger partial charge >= 0.3 is 0 Å². The third-order valence-electron chi connectivity index (χ3n) is 5.10. The molecule has 0 saturated carbocycles. The van der Waals surface area contributed by atoms with E-state index in [4.69, 9.17) is 0 Å². The van der Waals surface area contributed by atoms with Crippen LogP contribution < -0.4 is 5.32 Å². The summed E-state index contributed by atoms with van der Waals surface area (Å²) in [5.41, 5.74) is 6.02. The molecule has 1 saturated heterocycles. The fraction of sp³-hybridized carbons (Fsp3) is 0.409. The molecule has 3 heteroatoms. The number of nitrogens with one attached hydrogen (secondary N) is 1. The lowest BCUT2D eigenvalue weighted by atomic mass is 9.95. The van der Waals surface area contributed by atoms with Gasteiger partial charge in [-0.1, -0.05) is 30.3 Å². The predicted molar refractivity (Wildman–Crippen MR) is 104 cm³/mol. The van der Waals surface area contributed by atoms with Gasteiger partial charge in [-0.2, -0.15) is 0 Å². The number of carbonyl (C=O) groups excluding carboxylic acids is 1. The minimum absolute atomic E-state index is 0.119. The van der Waals surface area contributed by atoms with Crippen LogP contribution in [0.5, 0.6) is 0 Å². The van der Waals surface area contributed by atoms with Gasteiger partial charge in [0, 0.05) is 18.2 Å². The molecule has 0 spiro atoms. The van der Waals surface area contributed by atoms with E-state index in [2.05, 4.69) is 61.3 Å². The first kappa shape index (κ1) is 17.7. The van der Waals surface area contributed by atoms with Crippen molar-refractivity contribution in [2.45, 2.75) is 40.2 Å². The summed E-state index contributed by atoms with van der Waals surface area (Å²) in [6.45, 7) is 9.25. The van der Waals surface area contributed by atoms with Crippen LogP contribution in [0.2, 0.25) is 0 Å².